The Labute approximate surface area is 133 Å². The predicted molar refractivity (Wildman–Crippen MR) is 84.7 cm³/mol. The van der Waals surface area contributed by atoms with Crippen molar-refractivity contribution in [3.05, 3.63) is 35.5 Å². The van der Waals surface area contributed by atoms with Crippen LogP contribution >= 0.6 is 0 Å². The lowest BCUT2D eigenvalue weighted by Crippen LogP contribution is -2.30. The number of carbonyl (C=O) groups excluding carboxylic acids is 1. The molecule has 0 spiro atoms. The SMILES string of the molecule is COc1ccc2c(C(=O)N3CC[C@H](C(=O)O)C3)cc(C)nc2c1. The van der Waals surface area contributed by atoms with Crippen LogP contribution in [0.25, 0.3) is 10.9 Å². The molecule has 6 nitrogen and oxygen atoms in total. The minimum atomic E-state index is -0.846. The molecule has 1 saturated heterocycles. The molecular weight excluding hydrogens is 296 g/mol. The molecule has 1 aromatic carbocycles. The normalized spacial score (nSPS) is 17.5. The fourth-order valence-corrected chi connectivity index (χ4v) is 2.96. The molecule has 0 bridgehead atoms. The first-order valence-corrected chi connectivity index (χ1v) is 7.47. The highest BCUT2D eigenvalue weighted by atomic mass is 16.5. The van der Waals surface area contributed by atoms with Gasteiger partial charge in [0.05, 0.1) is 24.1 Å². The van der Waals surface area contributed by atoms with Gasteiger partial charge >= 0.3 is 5.97 Å². The lowest BCUT2D eigenvalue weighted by Gasteiger charge is -2.17. The van der Waals surface area contributed by atoms with E-state index in [1.807, 2.05) is 13.0 Å². The average Bonchev–Trinajstić information content (AvgIpc) is 3.02. The monoisotopic (exact) mass is 314 g/mol. The summed E-state index contributed by atoms with van der Waals surface area (Å²) >= 11 is 0. The number of likely N-dealkylation sites (tertiary alicyclic amines) is 1. The largest absolute Gasteiger partial charge is 0.497 e. The van der Waals surface area contributed by atoms with Gasteiger partial charge in [-0.1, -0.05) is 0 Å². The standard InChI is InChI=1S/C17H18N2O4/c1-10-7-14(13-4-3-12(23-2)8-15(13)18-10)16(20)19-6-5-11(9-19)17(21)22/h3-4,7-8,11H,5-6,9H2,1-2H3,(H,21,22)/t11-/m0/s1. The Morgan fingerprint density at radius 3 is 2.78 bits per heavy atom. The van der Waals surface area contributed by atoms with Crippen molar-refractivity contribution in [1.82, 2.24) is 9.88 Å². The zero-order chi connectivity index (χ0) is 16.6. The highest BCUT2D eigenvalue weighted by molar-refractivity contribution is 6.06. The first-order valence-electron chi connectivity index (χ1n) is 7.47. The Hall–Kier alpha value is -2.63. The number of ether oxygens (including phenoxy) is 1. The van der Waals surface area contributed by atoms with Crippen LogP contribution in [0.4, 0.5) is 0 Å². The van der Waals surface area contributed by atoms with Gasteiger partial charge in [0.25, 0.3) is 5.91 Å². The minimum Gasteiger partial charge on any atom is -0.497 e. The van der Waals surface area contributed by atoms with Crippen LogP contribution in [0.15, 0.2) is 24.3 Å². The van der Waals surface area contributed by atoms with E-state index in [1.54, 1.807) is 30.2 Å². The lowest BCUT2D eigenvalue weighted by molar-refractivity contribution is -0.141. The van der Waals surface area contributed by atoms with Crippen molar-refractivity contribution in [2.75, 3.05) is 20.2 Å². The number of hydrogen-bond acceptors (Lipinski definition) is 4. The Bertz CT molecular complexity index is 788. The molecule has 2 aromatic rings. The van der Waals surface area contributed by atoms with Crippen LogP contribution in [0.2, 0.25) is 0 Å². The zero-order valence-electron chi connectivity index (χ0n) is 13.1. The van der Waals surface area contributed by atoms with Crippen molar-refractivity contribution in [3.63, 3.8) is 0 Å². The number of benzene rings is 1. The van der Waals surface area contributed by atoms with Gasteiger partial charge in [-0.2, -0.15) is 0 Å². The summed E-state index contributed by atoms with van der Waals surface area (Å²) in [4.78, 5) is 30.0. The van der Waals surface area contributed by atoms with Crippen molar-refractivity contribution in [1.29, 1.82) is 0 Å². The predicted octanol–water partition coefficient (Wildman–Crippen LogP) is 2.10. The Kier molecular flexibility index (Phi) is 3.90. The molecule has 6 heteroatoms. The van der Waals surface area contributed by atoms with E-state index in [2.05, 4.69) is 4.98 Å². The van der Waals surface area contributed by atoms with E-state index in [-0.39, 0.29) is 12.5 Å². The maximum absolute atomic E-state index is 12.8. The van der Waals surface area contributed by atoms with Crippen molar-refractivity contribution in [3.8, 4) is 5.75 Å². The summed E-state index contributed by atoms with van der Waals surface area (Å²) in [6.45, 7) is 2.56. The third-order valence-corrected chi connectivity index (χ3v) is 4.20. The summed E-state index contributed by atoms with van der Waals surface area (Å²) < 4.78 is 5.20. The van der Waals surface area contributed by atoms with Gasteiger partial charge in [-0.05, 0) is 31.5 Å². The number of carbonyl (C=O) groups is 2. The molecule has 1 atom stereocenters. The third-order valence-electron chi connectivity index (χ3n) is 4.20. The van der Waals surface area contributed by atoms with Gasteiger partial charge in [-0.15, -0.1) is 0 Å². The number of aromatic nitrogens is 1. The maximum atomic E-state index is 12.8. The molecule has 1 N–H and O–H groups in total. The number of hydrogen-bond donors (Lipinski definition) is 1. The minimum absolute atomic E-state index is 0.144. The molecule has 1 aliphatic rings. The fraction of sp³-hybridized carbons (Fsp3) is 0.353. The maximum Gasteiger partial charge on any atom is 0.308 e. The summed E-state index contributed by atoms with van der Waals surface area (Å²) in [6, 6.07) is 7.16. The molecule has 1 fully saturated rings. The van der Waals surface area contributed by atoms with Gasteiger partial charge in [-0.25, -0.2) is 0 Å². The second-order valence-electron chi connectivity index (χ2n) is 5.77. The van der Waals surface area contributed by atoms with E-state index in [4.69, 9.17) is 9.84 Å². The van der Waals surface area contributed by atoms with Crippen LogP contribution in [-0.4, -0.2) is 47.1 Å². The van der Waals surface area contributed by atoms with Crippen LogP contribution in [0, 0.1) is 12.8 Å². The van der Waals surface area contributed by atoms with Gasteiger partial charge in [0.15, 0.2) is 0 Å². The molecule has 1 aliphatic heterocycles. The quantitative estimate of drug-likeness (QED) is 0.938. The second kappa shape index (κ2) is 5.87. The van der Waals surface area contributed by atoms with Crippen LogP contribution < -0.4 is 4.74 Å². The summed E-state index contributed by atoms with van der Waals surface area (Å²) in [5, 5.41) is 9.85. The fourth-order valence-electron chi connectivity index (χ4n) is 2.96. The lowest BCUT2D eigenvalue weighted by atomic mass is 10.1. The van der Waals surface area contributed by atoms with E-state index in [0.29, 0.717) is 29.8 Å². The molecule has 120 valence electrons. The number of methoxy groups -OCH3 is 1. The molecule has 0 aliphatic carbocycles. The number of carboxylic acids is 1. The number of aliphatic carboxylic acids is 1. The number of rotatable bonds is 3. The van der Waals surface area contributed by atoms with Crippen molar-refractivity contribution in [2.45, 2.75) is 13.3 Å². The summed E-state index contributed by atoms with van der Waals surface area (Å²) in [6.07, 6.45) is 0.497. The van der Waals surface area contributed by atoms with E-state index < -0.39 is 11.9 Å². The van der Waals surface area contributed by atoms with Gasteiger partial charge in [0.1, 0.15) is 5.75 Å². The average molecular weight is 314 g/mol. The summed E-state index contributed by atoms with van der Waals surface area (Å²) in [7, 11) is 1.58. The van der Waals surface area contributed by atoms with Gasteiger partial charge in [0, 0.05) is 30.2 Å². The molecule has 0 radical (unpaired) electrons. The molecular formula is C17H18N2O4. The van der Waals surface area contributed by atoms with E-state index in [9.17, 15) is 9.59 Å². The Morgan fingerprint density at radius 1 is 1.35 bits per heavy atom. The molecule has 3 rings (SSSR count). The number of fused-ring (bicyclic) bond motifs is 1. The third kappa shape index (κ3) is 2.84. The first-order chi connectivity index (χ1) is 11.0. The molecule has 2 heterocycles. The number of pyridine rings is 1. The molecule has 0 unspecified atom stereocenters. The highest BCUT2D eigenvalue weighted by Crippen LogP contribution is 2.26. The highest BCUT2D eigenvalue weighted by Gasteiger charge is 2.32. The van der Waals surface area contributed by atoms with E-state index in [0.717, 1.165) is 11.1 Å². The van der Waals surface area contributed by atoms with E-state index >= 15 is 0 Å². The smallest absolute Gasteiger partial charge is 0.308 e. The van der Waals surface area contributed by atoms with Crippen LogP contribution in [0.5, 0.6) is 5.75 Å². The van der Waals surface area contributed by atoms with Gasteiger partial charge in [-0.3, -0.25) is 14.6 Å². The molecule has 1 aromatic heterocycles. The van der Waals surface area contributed by atoms with Crippen molar-refractivity contribution in [2.24, 2.45) is 5.92 Å². The topological polar surface area (TPSA) is 79.7 Å². The number of amides is 1. The van der Waals surface area contributed by atoms with Crippen LogP contribution in [0.3, 0.4) is 0 Å². The van der Waals surface area contributed by atoms with Crippen molar-refractivity contribution < 1.29 is 19.4 Å². The van der Waals surface area contributed by atoms with Crippen molar-refractivity contribution >= 4 is 22.8 Å². The summed E-state index contributed by atoms with van der Waals surface area (Å²) in [5.41, 5.74) is 1.99. The Balaban J connectivity index is 1.99. The van der Waals surface area contributed by atoms with Gasteiger partial charge < -0.3 is 14.7 Å². The van der Waals surface area contributed by atoms with Crippen LogP contribution in [-0.2, 0) is 4.79 Å². The van der Waals surface area contributed by atoms with E-state index in [1.165, 1.54) is 0 Å². The molecule has 1 amide bonds. The zero-order valence-corrected chi connectivity index (χ0v) is 13.1. The molecule has 23 heavy (non-hydrogen) atoms. The first kappa shape index (κ1) is 15.3. The second-order valence-corrected chi connectivity index (χ2v) is 5.77. The van der Waals surface area contributed by atoms with Crippen LogP contribution in [0.1, 0.15) is 22.5 Å². The number of carboxylic acid groups (broad SMARTS) is 1. The molecule has 0 saturated carbocycles. The van der Waals surface area contributed by atoms with Gasteiger partial charge in [0.2, 0.25) is 0 Å². The number of nitrogens with zero attached hydrogens (tertiary/aromatic N) is 2. The summed E-state index contributed by atoms with van der Waals surface area (Å²) in [5.74, 6) is -0.787. The number of aryl methyl sites for hydroxylation is 1. The Morgan fingerprint density at radius 2 is 2.13 bits per heavy atom.